The van der Waals surface area contributed by atoms with Gasteiger partial charge in [-0.2, -0.15) is 0 Å². The molecule has 1 aliphatic carbocycles. The number of aliphatic hydroxyl groups excluding tert-OH is 1. The molecule has 1 N–H and O–H groups in total. The van der Waals surface area contributed by atoms with Crippen LogP contribution in [0.5, 0.6) is 0 Å². The molecule has 0 heterocycles. The molecule has 1 saturated carbocycles. The Hall–Kier alpha value is -0.410. The molecule has 0 aliphatic heterocycles. The summed E-state index contributed by atoms with van der Waals surface area (Å²) in [5.74, 6) is 0.798. The molecule has 0 aromatic heterocycles. The van der Waals surface area contributed by atoms with E-state index in [-0.39, 0.29) is 23.2 Å². The van der Waals surface area contributed by atoms with E-state index < -0.39 is 6.10 Å². The first-order valence-corrected chi connectivity index (χ1v) is 6.50. The van der Waals surface area contributed by atoms with Crippen LogP contribution in [-0.2, 0) is 9.53 Å². The Morgan fingerprint density at radius 1 is 1.47 bits per heavy atom. The largest absolute Gasteiger partial charge is 0.390 e. The van der Waals surface area contributed by atoms with Gasteiger partial charge in [0.2, 0.25) is 0 Å². The fraction of sp³-hybridized carbons (Fsp3) is 0.929. The summed E-state index contributed by atoms with van der Waals surface area (Å²) in [4.78, 5) is 11.1. The minimum absolute atomic E-state index is 0.0754. The van der Waals surface area contributed by atoms with Gasteiger partial charge < -0.3 is 14.6 Å². The van der Waals surface area contributed by atoms with Gasteiger partial charge in [0.25, 0.3) is 0 Å². The van der Waals surface area contributed by atoms with Crippen molar-refractivity contribution in [1.29, 1.82) is 0 Å². The van der Waals surface area contributed by atoms with Crippen molar-refractivity contribution in [3.05, 3.63) is 0 Å². The molecule has 4 atom stereocenters. The minimum Gasteiger partial charge on any atom is -0.390 e. The predicted octanol–water partition coefficient (Wildman–Crippen LogP) is 2.41. The molecule has 4 unspecified atom stereocenters. The van der Waals surface area contributed by atoms with Crippen LogP contribution in [0.25, 0.3) is 0 Å². The SMILES string of the molecule is COC1CC(C)(C)C(CCC(C)=O)C(C)C1O. The van der Waals surface area contributed by atoms with Gasteiger partial charge in [0.15, 0.2) is 0 Å². The van der Waals surface area contributed by atoms with Crippen LogP contribution in [0.3, 0.4) is 0 Å². The minimum atomic E-state index is -0.412. The Labute approximate surface area is 105 Å². The van der Waals surface area contributed by atoms with Gasteiger partial charge in [0.05, 0.1) is 12.2 Å². The summed E-state index contributed by atoms with van der Waals surface area (Å²) in [5.41, 5.74) is 0.120. The van der Waals surface area contributed by atoms with Gasteiger partial charge in [-0.25, -0.2) is 0 Å². The van der Waals surface area contributed by atoms with Crippen molar-refractivity contribution < 1.29 is 14.6 Å². The molecule has 0 bridgehead atoms. The number of hydrogen-bond donors (Lipinski definition) is 1. The van der Waals surface area contributed by atoms with Gasteiger partial charge in [-0.3, -0.25) is 0 Å². The number of methoxy groups -OCH3 is 1. The van der Waals surface area contributed by atoms with Gasteiger partial charge in [0.1, 0.15) is 5.78 Å². The summed E-state index contributed by atoms with van der Waals surface area (Å²) in [6.07, 6.45) is 1.86. The van der Waals surface area contributed by atoms with Crippen molar-refractivity contribution in [3.8, 4) is 0 Å². The van der Waals surface area contributed by atoms with Crippen molar-refractivity contribution in [2.24, 2.45) is 17.3 Å². The third-order valence-corrected chi connectivity index (χ3v) is 4.40. The average molecular weight is 242 g/mol. The molecule has 0 amide bonds. The Morgan fingerprint density at radius 3 is 2.53 bits per heavy atom. The highest BCUT2D eigenvalue weighted by Gasteiger charge is 2.45. The van der Waals surface area contributed by atoms with Crippen LogP contribution < -0.4 is 0 Å². The molecule has 0 radical (unpaired) electrons. The van der Waals surface area contributed by atoms with Crippen LogP contribution in [0.15, 0.2) is 0 Å². The number of ketones is 1. The van der Waals surface area contributed by atoms with Gasteiger partial charge in [0, 0.05) is 13.5 Å². The molecule has 0 aromatic carbocycles. The van der Waals surface area contributed by atoms with Crippen molar-refractivity contribution >= 4 is 5.78 Å². The number of Topliss-reactive ketones (excluding diaryl/α,β-unsaturated/α-hetero) is 1. The molecule has 0 saturated heterocycles. The third kappa shape index (κ3) is 3.29. The molecule has 1 aliphatic rings. The van der Waals surface area contributed by atoms with Crippen molar-refractivity contribution in [2.45, 2.75) is 59.2 Å². The first-order valence-electron chi connectivity index (χ1n) is 6.50. The van der Waals surface area contributed by atoms with E-state index in [9.17, 15) is 9.90 Å². The van der Waals surface area contributed by atoms with Crippen LogP contribution >= 0.6 is 0 Å². The standard InChI is InChI=1S/C14H26O3/c1-9(15)6-7-11-10(2)13(16)12(17-5)8-14(11,3)4/h10-13,16H,6-8H2,1-5H3. The van der Waals surface area contributed by atoms with Gasteiger partial charge in [-0.15, -0.1) is 0 Å². The molecular formula is C14H26O3. The first-order chi connectivity index (χ1) is 7.79. The van der Waals surface area contributed by atoms with Gasteiger partial charge in [-0.1, -0.05) is 20.8 Å². The van der Waals surface area contributed by atoms with Crippen molar-refractivity contribution in [1.82, 2.24) is 0 Å². The second-order valence-electron chi connectivity index (χ2n) is 6.16. The summed E-state index contributed by atoms with van der Waals surface area (Å²) in [6, 6.07) is 0. The Bertz CT molecular complexity index is 273. The highest BCUT2D eigenvalue weighted by Crippen LogP contribution is 2.46. The second-order valence-corrected chi connectivity index (χ2v) is 6.16. The zero-order chi connectivity index (χ0) is 13.2. The third-order valence-electron chi connectivity index (χ3n) is 4.40. The maximum atomic E-state index is 11.1. The first kappa shape index (κ1) is 14.7. The average Bonchev–Trinajstić information content (AvgIpc) is 2.22. The van der Waals surface area contributed by atoms with Crippen molar-refractivity contribution in [3.63, 3.8) is 0 Å². The van der Waals surface area contributed by atoms with E-state index in [1.54, 1.807) is 14.0 Å². The zero-order valence-corrected chi connectivity index (χ0v) is 11.7. The smallest absolute Gasteiger partial charge is 0.129 e. The lowest BCUT2D eigenvalue weighted by Crippen LogP contribution is -2.50. The highest BCUT2D eigenvalue weighted by molar-refractivity contribution is 5.75. The summed E-state index contributed by atoms with van der Waals surface area (Å²) in [7, 11) is 1.66. The number of carbonyl (C=O) groups is 1. The zero-order valence-electron chi connectivity index (χ0n) is 11.7. The fourth-order valence-electron chi connectivity index (χ4n) is 3.31. The lowest BCUT2D eigenvalue weighted by atomic mass is 9.60. The maximum absolute atomic E-state index is 11.1. The normalized spacial score (nSPS) is 36.8. The molecular weight excluding hydrogens is 216 g/mol. The van der Waals surface area contributed by atoms with Crippen molar-refractivity contribution in [2.75, 3.05) is 7.11 Å². The topological polar surface area (TPSA) is 46.5 Å². The van der Waals surface area contributed by atoms with Gasteiger partial charge >= 0.3 is 0 Å². The number of hydrogen-bond acceptors (Lipinski definition) is 3. The van der Waals surface area contributed by atoms with E-state index in [0.29, 0.717) is 12.3 Å². The summed E-state index contributed by atoms with van der Waals surface area (Å²) >= 11 is 0. The molecule has 1 fully saturated rings. The quantitative estimate of drug-likeness (QED) is 0.823. The summed E-state index contributed by atoms with van der Waals surface area (Å²) in [5, 5.41) is 10.2. The van der Waals surface area contributed by atoms with E-state index in [2.05, 4.69) is 20.8 Å². The monoisotopic (exact) mass is 242 g/mol. The lowest BCUT2D eigenvalue weighted by molar-refractivity contribution is -0.129. The lowest BCUT2D eigenvalue weighted by Gasteiger charge is -2.48. The number of ether oxygens (including phenoxy) is 1. The molecule has 100 valence electrons. The van der Waals surface area contributed by atoms with Crippen LogP contribution in [0.2, 0.25) is 0 Å². The molecule has 3 nitrogen and oxygen atoms in total. The second kappa shape index (κ2) is 5.49. The van der Waals surface area contributed by atoms with Crippen LogP contribution in [0.1, 0.15) is 47.0 Å². The van der Waals surface area contributed by atoms with E-state index >= 15 is 0 Å². The maximum Gasteiger partial charge on any atom is 0.129 e. The van der Waals surface area contributed by atoms with Gasteiger partial charge in [-0.05, 0) is 37.0 Å². The van der Waals surface area contributed by atoms with E-state index in [1.165, 1.54) is 0 Å². The molecule has 3 heteroatoms. The number of rotatable bonds is 4. The Kier molecular flexibility index (Phi) is 4.73. The molecule has 17 heavy (non-hydrogen) atoms. The fourth-order valence-corrected chi connectivity index (χ4v) is 3.31. The molecule has 1 rings (SSSR count). The summed E-state index contributed by atoms with van der Waals surface area (Å²) < 4.78 is 5.37. The van der Waals surface area contributed by atoms with Crippen LogP contribution in [-0.4, -0.2) is 30.2 Å². The number of aliphatic hydroxyl groups is 1. The van der Waals surface area contributed by atoms with E-state index in [4.69, 9.17) is 4.74 Å². The van der Waals surface area contributed by atoms with E-state index in [1.807, 2.05) is 0 Å². The molecule has 0 spiro atoms. The van der Waals surface area contributed by atoms with Crippen LogP contribution in [0.4, 0.5) is 0 Å². The van der Waals surface area contributed by atoms with E-state index in [0.717, 1.165) is 12.8 Å². The number of carbonyl (C=O) groups excluding carboxylic acids is 1. The predicted molar refractivity (Wildman–Crippen MR) is 67.8 cm³/mol. The summed E-state index contributed by atoms with van der Waals surface area (Å²) in [6.45, 7) is 8.13. The molecule has 0 aromatic rings. The Morgan fingerprint density at radius 2 is 2.06 bits per heavy atom. The van der Waals surface area contributed by atoms with Crippen LogP contribution in [0, 0.1) is 17.3 Å². The highest BCUT2D eigenvalue weighted by atomic mass is 16.5. The Balaban J connectivity index is 2.77.